The molecule has 1 heterocycles. The van der Waals surface area contributed by atoms with Crippen molar-refractivity contribution >= 4 is 10.0 Å². The Morgan fingerprint density at radius 2 is 1.89 bits per heavy atom. The molecule has 2 rings (SSSR count). The molecule has 1 fully saturated rings. The van der Waals surface area contributed by atoms with Gasteiger partial charge in [-0.05, 0) is 30.4 Å². The Hall–Kier alpha value is -0.910. The van der Waals surface area contributed by atoms with Gasteiger partial charge in [0.15, 0.2) is 0 Å². The summed E-state index contributed by atoms with van der Waals surface area (Å²) >= 11 is 0. The fourth-order valence-electron chi connectivity index (χ4n) is 2.83. The lowest BCUT2D eigenvalue weighted by molar-refractivity contribution is 0.405. The molecule has 0 aromatic heterocycles. The van der Waals surface area contributed by atoms with Crippen LogP contribution in [0.3, 0.4) is 0 Å². The van der Waals surface area contributed by atoms with Gasteiger partial charge in [-0.3, -0.25) is 0 Å². The minimum atomic E-state index is -3.25. The Morgan fingerprint density at radius 1 is 1.26 bits per heavy atom. The fourth-order valence-corrected chi connectivity index (χ4v) is 4.78. The molecule has 0 spiro atoms. The van der Waals surface area contributed by atoms with Crippen molar-refractivity contribution in [1.82, 2.24) is 4.31 Å². The van der Waals surface area contributed by atoms with E-state index in [1.54, 1.807) is 4.31 Å². The van der Waals surface area contributed by atoms with Crippen LogP contribution in [0.1, 0.15) is 31.4 Å². The van der Waals surface area contributed by atoms with Crippen LogP contribution in [0.5, 0.6) is 0 Å². The molecule has 4 nitrogen and oxygen atoms in total. The highest BCUT2D eigenvalue weighted by molar-refractivity contribution is 7.88. The average Bonchev–Trinajstić information content (AvgIpc) is 2.69. The summed E-state index contributed by atoms with van der Waals surface area (Å²) in [4.78, 5) is 0. The van der Waals surface area contributed by atoms with Crippen LogP contribution in [-0.4, -0.2) is 25.3 Å². The number of nitrogens with zero attached hydrogens (tertiary/aromatic N) is 1. The van der Waals surface area contributed by atoms with Crippen LogP contribution in [0.2, 0.25) is 0 Å². The van der Waals surface area contributed by atoms with Gasteiger partial charge in [-0.15, -0.1) is 0 Å². The number of rotatable bonds is 4. The van der Waals surface area contributed by atoms with Crippen molar-refractivity contribution in [3.05, 3.63) is 35.4 Å². The number of nitrogens with two attached hydrogens (primary N) is 1. The van der Waals surface area contributed by atoms with E-state index in [1.807, 2.05) is 31.2 Å². The fraction of sp³-hybridized carbons (Fsp3) is 0.571. The molecule has 1 aromatic carbocycles. The van der Waals surface area contributed by atoms with E-state index < -0.39 is 10.0 Å². The molecule has 1 aliphatic rings. The molecule has 1 aromatic rings. The first-order chi connectivity index (χ1) is 8.94. The van der Waals surface area contributed by atoms with E-state index in [1.165, 1.54) is 0 Å². The predicted octanol–water partition coefficient (Wildman–Crippen LogP) is 1.71. The molecule has 2 atom stereocenters. The minimum absolute atomic E-state index is 0.0530. The van der Waals surface area contributed by atoms with Gasteiger partial charge in [0.1, 0.15) is 0 Å². The minimum Gasteiger partial charge on any atom is -0.326 e. The molecule has 0 amide bonds. The Kier molecular flexibility index (Phi) is 4.28. The Morgan fingerprint density at radius 3 is 2.42 bits per heavy atom. The second-order valence-electron chi connectivity index (χ2n) is 5.49. The quantitative estimate of drug-likeness (QED) is 0.914. The van der Waals surface area contributed by atoms with Gasteiger partial charge in [0.05, 0.1) is 5.75 Å². The number of benzene rings is 1. The molecule has 1 saturated heterocycles. The van der Waals surface area contributed by atoms with Crippen LogP contribution >= 0.6 is 0 Å². The lowest BCUT2D eigenvalue weighted by atomic mass is 10.1. The maximum absolute atomic E-state index is 12.5. The highest BCUT2D eigenvalue weighted by Gasteiger charge is 2.35. The SMILES string of the molecule is CC1CC(C)N(S(=O)(=O)Cc2ccccc2CN)C1. The van der Waals surface area contributed by atoms with Gasteiger partial charge in [0.2, 0.25) is 10.0 Å². The zero-order chi connectivity index (χ0) is 14.0. The van der Waals surface area contributed by atoms with Crippen LogP contribution in [0, 0.1) is 5.92 Å². The molecule has 106 valence electrons. The maximum Gasteiger partial charge on any atom is 0.218 e. The zero-order valence-corrected chi connectivity index (χ0v) is 12.4. The van der Waals surface area contributed by atoms with E-state index in [2.05, 4.69) is 6.92 Å². The third kappa shape index (κ3) is 3.16. The van der Waals surface area contributed by atoms with Crippen LogP contribution in [-0.2, 0) is 22.3 Å². The first-order valence-corrected chi connectivity index (χ1v) is 8.31. The second-order valence-corrected chi connectivity index (χ2v) is 7.41. The zero-order valence-electron chi connectivity index (χ0n) is 11.5. The van der Waals surface area contributed by atoms with Crippen molar-refractivity contribution in [2.75, 3.05) is 6.54 Å². The molecule has 0 saturated carbocycles. The maximum atomic E-state index is 12.5. The predicted molar refractivity (Wildman–Crippen MR) is 76.9 cm³/mol. The van der Waals surface area contributed by atoms with Crippen molar-refractivity contribution in [2.45, 2.75) is 38.6 Å². The van der Waals surface area contributed by atoms with E-state index in [0.29, 0.717) is 19.0 Å². The summed E-state index contributed by atoms with van der Waals surface area (Å²) in [7, 11) is -3.25. The summed E-state index contributed by atoms with van der Waals surface area (Å²) in [5.74, 6) is 0.492. The second kappa shape index (κ2) is 5.61. The average molecular weight is 282 g/mol. The molecule has 0 bridgehead atoms. The smallest absolute Gasteiger partial charge is 0.218 e. The summed E-state index contributed by atoms with van der Waals surface area (Å²) in [5.41, 5.74) is 7.39. The van der Waals surface area contributed by atoms with Gasteiger partial charge < -0.3 is 5.73 Å². The largest absolute Gasteiger partial charge is 0.326 e. The van der Waals surface area contributed by atoms with Gasteiger partial charge in [-0.1, -0.05) is 31.2 Å². The molecule has 0 aliphatic carbocycles. The lowest BCUT2D eigenvalue weighted by Gasteiger charge is -2.21. The van der Waals surface area contributed by atoms with Crippen molar-refractivity contribution in [2.24, 2.45) is 11.7 Å². The van der Waals surface area contributed by atoms with E-state index in [0.717, 1.165) is 17.5 Å². The normalized spacial score (nSPS) is 24.8. The summed E-state index contributed by atoms with van der Waals surface area (Å²) in [6, 6.07) is 7.59. The van der Waals surface area contributed by atoms with Crippen molar-refractivity contribution in [3.8, 4) is 0 Å². The van der Waals surface area contributed by atoms with E-state index in [9.17, 15) is 8.42 Å². The molecule has 5 heteroatoms. The monoisotopic (exact) mass is 282 g/mol. The Labute approximate surface area is 115 Å². The molecule has 2 N–H and O–H groups in total. The third-order valence-electron chi connectivity index (χ3n) is 3.76. The van der Waals surface area contributed by atoms with Crippen molar-refractivity contribution in [3.63, 3.8) is 0 Å². The number of sulfonamides is 1. The third-order valence-corrected chi connectivity index (χ3v) is 5.66. The standard InChI is InChI=1S/C14H22N2O2S/c1-11-7-12(2)16(9-11)19(17,18)10-14-6-4-3-5-13(14)8-15/h3-6,11-12H,7-10,15H2,1-2H3. The summed E-state index contributed by atoms with van der Waals surface area (Å²) < 4.78 is 26.7. The van der Waals surface area contributed by atoms with Gasteiger partial charge in [0, 0.05) is 19.1 Å². The molecule has 1 aliphatic heterocycles. The molecular weight excluding hydrogens is 260 g/mol. The van der Waals surface area contributed by atoms with Gasteiger partial charge in [0.25, 0.3) is 0 Å². The number of hydrogen-bond donors (Lipinski definition) is 1. The summed E-state index contributed by atoms with van der Waals surface area (Å²) in [5, 5.41) is 0. The first-order valence-electron chi connectivity index (χ1n) is 6.70. The van der Waals surface area contributed by atoms with Crippen LogP contribution in [0.4, 0.5) is 0 Å². The highest BCUT2D eigenvalue weighted by Crippen LogP contribution is 2.27. The molecule has 19 heavy (non-hydrogen) atoms. The molecular formula is C14H22N2O2S. The van der Waals surface area contributed by atoms with Gasteiger partial charge in [-0.25, -0.2) is 8.42 Å². The van der Waals surface area contributed by atoms with Crippen LogP contribution in [0.15, 0.2) is 24.3 Å². The van der Waals surface area contributed by atoms with Gasteiger partial charge in [-0.2, -0.15) is 4.31 Å². The highest BCUT2D eigenvalue weighted by atomic mass is 32.2. The number of hydrogen-bond acceptors (Lipinski definition) is 3. The molecule has 2 unspecified atom stereocenters. The Bertz CT molecular complexity index is 542. The summed E-state index contributed by atoms with van der Waals surface area (Å²) in [6.45, 7) is 5.08. The topological polar surface area (TPSA) is 63.4 Å². The van der Waals surface area contributed by atoms with Crippen LogP contribution in [0.25, 0.3) is 0 Å². The van der Waals surface area contributed by atoms with Crippen molar-refractivity contribution < 1.29 is 8.42 Å². The van der Waals surface area contributed by atoms with Crippen LogP contribution < -0.4 is 5.73 Å². The lowest BCUT2D eigenvalue weighted by Crippen LogP contribution is -2.35. The van der Waals surface area contributed by atoms with E-state index >= 15 is 0 Å². The summed E-state index contributed by atoms with van der Waals surface area (Å²) in [6.07, 6.45) is 0.942. The first kappa shape index (κ1) is 14.5. The van der Waals surface area contributed by atoms with E-state index in [-0.39, 0.29) is 11.8 Å². The van der Waals surface area contributed by atoms with Gasteiger partial charge >= 0.3 is 0 Å². The van der Waals surface area contributed by atoms with E-state index in [4.69, 9.17) is 5.73 Å². The molecule has 0 radical (unpaired) electrons. The van der Waals surface area contributed by atoms with Crippen molar-refractivity contribution in [1.29, 1.82) is 0 Å². The Balaban J connectivity index is 2.22.